The number of benzene rings is 1. The molecule has 3 rings (SSSR count). The van der Waals surface area contributed by atoms with Gasteiger partial charge in [0.15, 0.2) is 17.1 Å². The largest absolute Gasteiger partial charge is 0.493 e. The quantitative estimate of drug-likeness (QED) is 0.867. The normalized spacial score (nSPS) is 30.0. The summed E-state index contributed by atoms with van der Waals surface area (Å²) < 4.78 is 10.8. The third-order valence-electron chi connectivity index (χ3n) is 5.43. The molecule has 23 heavy (non-hydrogen) atoms. The fourth-order valence-electron chi connectivity index (χ4n) is 4.04. The smallest absolute Gasteiger partial charge is 0.161 e. The van der Waals surface area contributed by atoms with E-state index in [2.05, 4.69) is 11.0 Å². The van der Waals surface area contributed by atoms with Gasteiger partial charge in [0.2, 0.25) is 0 Å². The van der Waals surface area contributed by atoms with Crippen LogP contribution < -0.4 is 9.47 Å². The molecule has 0 bridgehead atoms. The number of methoxy groups -OCH3 is 2. The Morgan fingerprint density at radius 2 is 2.04 bits per heavy atom. The van der Waals surface area contributed by atoms with Crippen LogP contribution in [0.3, 0.4) is 0 Å². The number of piperidine rings is 1. The van der Waals surface area contributed by atoms with E-state index in [0.29, 0.717) is 12.2 Å². The van der Waals surface area contributed by atoms with Gasteiger partial charge in [0, 0.05) is 31.5 Å². The van der Waals surface area contributed by atoms with Gasteiger partial charge in [-0.2, -0.15) is 5.26 Å². The molecule has 0 spiro atoms. The van der Waals surface area contributed by atoms with Crippen LogP contribution in [0.5, 0.6) is 11.5 Å². The number of fused-ring (bicyclic) bond motifs is 3. The van der Waals surface area contributed by atoms with Gasteiger partial charge in [-0.3, -0.25) is 4.90 Å². The van der Waals surface area contributed by atoms with E-state index in [-0.39, 0.29) is 12.0 Å². The van der Waals surface area contributed by atoms with E-state index in [1.807, 2.05) is 19.1 Å². The SMILES string of the molecule is CCC1CN2CCc3cc(OC)c(OC)cc3C2CC1(O)C#N. The zero-order chi connectivity index (χ0) is 16.6. The van der Waals surface area contributed by atoms with E-state index >= 15 is 0 Å². The van der Waals surface area contributed by atoms with E-state index < -0.39 is 5.60 Å². The van der Waals surface area contributed by atoms with Gasteiger partial charge in [-0.15, -0.1) is 0 Å². The molecular formula is C18H24N2O3. The van der Waals surface area contributed by atoms with Crippen LogP contribution in [0.4, 0.5) is 0 Å². The minimum absolute atomic E-state index is 0.00504. The molecule has 2 aliphatic heterocycles. The maximum Gasteiger partial charge on any atom is 0.161 e. The van der Waals surface area contributed by atoms with Crippen LogP contribution in [0, 0.1) is 17.2 Å². The molecule has 0 aromatic heterocycles. The van der Waals surface area contributed by atoms with Crippen molar-refractivity contribution in [1.82, 2.24) is 4.90 Å². The van der Waals surface area contributed by atoms with Crippen LogP contribution in [-0.2, 0) is 6.42 Å². The number of nitrogens with zero attached hydrogens (tertiary/aromatic N) is 2. The van der Waals surface area contributed by atoms with E-state index in [1.54, 1.807) is 14.2 Å². The summed E-state index contributed by atoms with van der Waals surface area (Å²) in [6.45, 7) is 3.75. The summed E-state index contributed by atoms with van der Waals surface area (Å²) in [7, 11) is 3.27. The number of hydrogen-bond acceptors (Lipinski definition) is 5. The second-order valence-electron chi connectivity index (χ2n) is 6.51. The van der Waals surface area contributed by atoms with Crippen molar-refractivity contribution in [2.24, 2.45) is 5.92 Å². The highest BCUT2D eigenvalue weighted by molar-refractivity contribution is 5.50. The lowest BCUT2D eigenvalue weighted by Crippen LogP contribution is -2.54. The fourth-order valence-corrected chi connectivity index (χ4v) is 4.04. The van der Waals surface area contributed by atoms with Crippen molar-refractivity contribution in [3.63, 3.8) is 0 Å². The molecule has 1 fully saturated rings. The lowest BCUT2D eigenvalue weighted by molar-refractivity contribution is -0.0608. The fraction of sp³-hybridized carbons (Fsp3) is 0.611. The van der Waals surface area contributed by atoms with Crippen molar-refractivity contribution in [3.05, 3.63) is 23.3 Å². The molecule has 5 nitrogen and oxygen atoms in total. The average molecular weight is 316 g/mol. The second-order valence-corrected chi connectivity index (χ2v) is 6.51. The third-order valence-corrected chi connectivity index (χ3v) is 5.43. The molecule has 3 unspecified atom stereocenters. The molecule has 1 aromatic rings. The molecule has 2 aliphatic rings. The van der Waals surface area contributed by atoms with Gasteiger partial charge in [0.25, 0.3) is 0 Å². The Morgan fingerprint density at radius 3 is 2.65 bits per heavy atom. The van der Waals surface area contributed by atoms with Crippen LogP contribution in [0.25, 0.3) is 0 Å². The summed E-state index contributed by atoms with van der Waals surface area (Å²) in [6, 6.07) is 6.27. The Balaban J connectivity index is 2.01. The maximum absolute atomic E-state index is 10.8. The number of rotatable bonds is 3. The van der Waals surface area contributed by atoms with Crippen molar-refractivity contribution in [2.75, 3.05) is 27.3 Å². The van der Waals surface area contributed by atoms with Gasteiger partial charge in [0.1, 0.15) is 0 Å². The average Bonchev–Trinajstić information content (AvgIpc) is 2.59. The monoisotopic (exact) mass is 316 g/mol. The lowest BCUT2D eigenvalue weighted by atomic mass is 9.73. The molecule has 5 heteroatoms. The minimum Gasteiger partial charge on any atom is -0.493 e. The van der Waals surface area contributed by atoms with Gasteiger partial charge in [-0.05, 0) is 36.1 Å². The molecular weight excluding hydrogens is 292 g/mol. The van der Waals surface area contributed by atoms with Crippen molar-refractivity contribution >= 4 is 0 Å². The highest BCUT2D eigenvalue weighted by Crippen LogP contribution is 2.46. The summed E-state index contributed by atoms with van der Waals surface area (Å²) in [6.07, 6.45) is 2.21. The Morgan fingerprint density at radius 1 is 1.35 bits per heavy atom. The van der Waals surface area contributed by atoms with Crippen LogP contribution in [-0.4, -0.2) is 42.9 Å². The highest BCUT2D eigenvalue weighted by Gasteiger charge is 2.47. The van der Waals surface area contributed by atoms with Crippen LogP contribution in [0.15, 0.2) is 12.1 Å². The summed E-state index contributed by atoms with van der Waals surface area (Å²) in [4.78, 5) is 2.40. The molecule has 0 saturated carbocycles. The first-order valence-corrected chi connectivity index (χ1v) is 8.18. The Kier molecular flexibility index (Phi) is 4.22. The number of ether oxygens (including phenoxy) is 2. The van der Waals surface area contributed by atoms with E-state index in [0.717, 1.165) is 37.2 Å². The van der Waals surface area contributed by atoms with Crippen molar-refractivity contribution in [1.29, 1.82) is 5.26 Å². The molecule has 0 aliphatic carbocycles. The Labute approximate surface area is 137 Å². The second kappa shape index (κ2) is 6.03. The lowest BCUT2D eigenvalue weighted by Gasteiger charge is -2.48. The van der Waals surface area contributed by atoms with Crippen LogP contribution >= 0.6 is 0 Å². The van der Waals surface area contributed by atoms with E-state index in [1.165, 1.54) is 5.56 Å². The standard InChI is InChI=1S/C18H24N2O3/c1-4-13-10-20-6-5-12-7-16(22-2)17(23-3)8-14(12)15(20)9-18(13,21)11-19/h7-8,13,15,21H,4-6,9-10H2,1-3H3. The molecule has 3 atom stereocenters. The minimum atomic E-state index is -1.25. The van der Waals surface area contributed by atoms with Crippen molar-refractivity contribution in [3.8, 4) is 17.6 Å². The van der Waals surface area contributed by atoms with Crippen LogP contribution in [0.1, 0.15) is 36.9 Å². The highest BCUT2D eigenvalue weighted by atomic mass is 16.5. The number of aliphatic hydroxyl groups is 1. The van der Waals surface area contributed by atoms with Crippen molar-refractivity contribution in [2.45, 2.75) is 37.8 Å². The Bertz CT molecular complexity index is 640. The first-order valence-electron chi connectivity index (χ1n) is 8.18. The third kappa shape index (κ3) is 2.56. The van der Waals surface area contributed by atoms with Crippen LogP contribution in [0.2, 0.25) is 0 Å². The molecule has 1 aromatic carbocycles. The molecule has 1 saturated heterocycles. The molecule has 0 amide bonds. The zero-order valence-corrected chi connectivity index (χ0v) is 14.0. The molecule has 1 N–H and O–H groups in total. The van der Waals surface area contributed by atoms with Gasteiger partial charge in [-0.1, -0.05) is 6.92 Å². The van der Waals surface area contributed by atoms with Crippen molar-refractivity contribution < 1.29 is 14.6 Å². The van der Waals surface area contributed by atoms with E-state index in [9.17, 15) is 10.4 Å². The maximum atomic E-state index is 10.8. The predicted molar refractivity (Wildman–Crippen MR) is 86.5 cm³/mol. The van der Waals surface area contributed by atoms with Gasteiger partial charge >= 0.3 is 0 Å². The molecule has 124 valence electrons. The Hall–Kier alpha value is -1.77. The topological polar surface area (TPSA) is 65.7 Å². The summed E-state index contributed by atoms with van der Waals surface area (Å²) >= 11 is 0. The number of nitriles is 1. The summed E-state index contributed by atoms with van der Waals surface area (Å²) in [5.41, 5.74) is 1.12. The summed E-state index contributed by atoms with van der Waals surface area (Å²) in [5.74, 6) is 1.44. The number of hydrogen-bond donors (Lipinski definition) is 1. The zero-order valence-electron chi connectivity index (χ0n) is 14.0. The first-order chi connectivity index (χ1) is 11.1. The molecule has 0 radical (unpaired) electrons. The van der Waals surface area contributed by atoms with E-state index in [4.69, 9.17) is 9.47 Å². The predicted octanol–water partition coefficient (Wildman–Crippen LogP) is 2.29. The first kappa shape index (κ1) is 16.1. The molecule has 2 heterocycles. The van der Waals surface area contributed by atoms with Gasteiger partial charge < -0.3 is 14.6 Å². The summed E-state index contributed by atoms with van der Waals surface area (Å²) in [5, 5.41) is 20.3. The van der Waals surface area contributed by atoms with Gasteiger partial charge in [-0.25, -0.2) is 0 Å². The van der Waals surface area contributed by atoms with Gasteiger partial charge in [0.05, 0.1) is 20.3 Å².